The molecule has 3 aromatic heterocycles. The summed E-state index contributed by atoms with van der Waals surface area (Å²) in [6.45, 7) is 9.16. The molecule has 0 N–H and O–H groups in total. The molecule has 0 saturated carbocycles. The second-order valence-corrected chi connectivity index (χ2v) is 8.12. The summed E-state index contributed by atoms with van der Waals surface area (Å²) in [5.74, 6) is 0.680. The molecule has 0 unspecified atom stereocenters. The minimum Gasteiger partial charge on any atom is -0.454 e. The van der Waals surface area contributed by atoms with Gasteiger partial charge in [0.1, 0.15) is 11.3 Å². The number of nitrogens with zero attached hydrogens (tertiary/aromatic N) is 2. The Balaban J connectivity index is 0.00000218. The molecule has 0 amide bonds. The van der Waals surface area contributed by atoms with E-state index < -0.39 is 0 Å². The van der Waals surface area contributed by atoms with E-state index in [2.05, 4.69) is 28.9 Å². The van der Waals surface area contributed by atoms with Crippen molar-refractivity contribution in [2.24, 2.45) is 0 Å². The van der Waals surface area contributed by atoms with Crippen molar-refractivity contribution in [3.63, 3.8) is 0 Å². The SMILES string of the molecule is Cc1cc2oc(=O)cc(-c3cc4c(CN5CCCC5)cnc(C)c4o3)c2cc1C.Cl. The molecular weight excluding hydrogens is 400 g/mol. The standard InChI is InChI=1S/C24H24N2O3.ClH/c1-14-8-19-20(11-23(27)28-21(19)9-15(14)2)22-10-18-17(13-26-6-4-5-7-26)12-25-16(3)24(18)29-22;/h8-12H,4-7,13H2,1-3H3;1H. The van der Waals surface area contributed by atoms with Crippen molar-refractivity contribution in [1.29, 1.82) is 0 Å². The van der Waals surface area contributed by atoms with Crippen LogP contribution in [0.4, 0.5) is 0 Å². The zero-order chi connectivity index (χ0) is 20.1. The van der Waals surface area contributed by atoms with Gasteiger partial charge in [0, 0.05) is 35.1 Å². The molecule has 156 valence electrons. The first-order chi connectivity index (χ1) is 14.0. The molecule has 1 aliphatic heterocycles. The van der Waals surface area contributed by atoms with Crippen LogP contribution in [0.25, 0.3) is 33.3 Å². The average molecular weight is 425 g/mol. The summed E-state index contributed by atoms with van der Waals surface area (Å²) in [5, 5.41) is 1.96. The van der Waals surface area contributed by atoms with E-state index in [0.29, 0.717) is 11.3 Å². The molecule has 1 aromatic carbocycles. The average Bonchev–Trinajstić information content (AvgIpc) is 3.35. The Bertz CT molecular complexity index is 1300. The number of pyridine rings is 1. The van der Waals surface area contributed by atoms with Gasteiger partial charge in [0.15, 0.2) is 5.58 Å². The van der Waals surface area contributed by atoms with E-state index in [1.54, 1.807) is 0 Å². The highest BCUT2D eigenvalue weighted by Gasteiger charge is 2.19. The number of halogens is 1. The number of aromatic nitrogens is 1. The number of hydrogen-bond donors (Lipinski definition) is 0. The number of furan rings is 1. The van der Waals surface area contributed by atoms with Gasteiger partial charge in [-0.25, -0.2) is 4.79 Å². The van der Waals surface area contributed by atoms with Crippen LogP contribution in [0.3, 0.4) is 0 Å². The van der Waals surface area contributed by atoms with Gasteiger partial charge < -0.3 is 8.83 Å². The van der Waals surface area contributed by atoms with Crippen LogP contribution in [-0.2, 0) is 6.54 Å². The van der Waals surface area contributed by atoms with E-state index in [1.165, 1.54) is 24.5 Å². The fraction of sp³-hybridized carbons (Fsp3) is 0.333. The predicted octanol–water partition coefficient (Wildman–Crippen LogP) is 5.54. The summed E-state index contributed by atoms with van der Waals surface area (Å²) in [6, 6.07) is 7.56. The lowest BCUT2D eigenvalue weighted by Gasteiger charge is -2.14. The minimum atomic E-state index is -0.372. The molecule has 1 aliphatic rings. The molecule has 4 heterocycles. The lowest BCUT2D eigenvalue weighted by atomic mass is 10.0. The van der Waals surface area contributed by atoms with Crippen molar-refractivity contribution in [2.45, 2.75) is 40.2 Å². The highest BCUT2D eigenvalue weighted by molar-refractivity contribution is 5.96. The van der Waals surface area contributed by atoms with Crippen molar-refractivity contribution in [2.75, 3.05) is 13.1 Å². The van der Waals surface area contributed by atoms with E-state index in [1.807, 2.05) is 26.1 Å². The summed E-state index contributed by atoms with van der Waals surface area (Å²) in [7, 11) is 0. The molecule has 0 radical (unpaired) electrons. The largest absolute Gasteiger partial charge is 0.454 e. The third kappa shape index (κ3) is 3.53. The maximum absolute atomic E-state index is 12.2. The van der Waals surface area contributed by atoms with Gasteiger partial charge in [0.05, 0.1) is 5.69 Å². The Morgan fingerprint density at radius 2 is 1.70 bits per heavy atom. The third-order valence-electron chi connectivity index (χ3n) is 6.04. The van der Waals surface area contributed by atoms with Crippen LogP contribution < -0.4 is 5.63 Å². The zero-order valence-electron chi connectivity index (χ0n) is 17.4. The van der Waals surface area contributed by atoms with Crippen LogP contribution in [0, 0.1) is 20.8 Å². The Morgan fingerprint density at radius 3 is 2.47 bits per heavy atom. The normalized spacial score (nSPS) is 14.5. The monoisotopic (exact) mass is 424 g/mol. The number of aryl methyl sites for hydroxylation is 3. The van der Waals surface area contributed by atoms with E-state index in [4.69, 9.17) is 8.83 Å². The Labute approximate surface area is 181 Å². The molecule has 5 nitrogen and oxygen atoms in total. The minimum absolute atomic E-state index is 0. The van der Waals surface area contributed by atoms with Gasteiger partial charge in [-0.05, 0) is 81.6 Å². The summed E-state index contributed by atoms with van der Waals surface area (Å²) in [4.78, 5) is 19.2. The Morgan fingerprint density at radius 1 is 0.967 bits per heavy atom. The summed E-state index contributed by atoms with van der Waals surface area (Å²) in [6.07, 6.45) is 4.47. The number of likely N-dealkylation sites (tertiary alicyclic amines) is 1. The van der Waals surface area contributed by atoms with Gasteiger partial charge in [-0.3, -0.25) is 9.88 Å². The van der Waals surface area contributed by atoms with Crippen LogP contribution in [0.2, 0.25) is 0 Å². The maximum Gasteiger partial charge on any atom is 0.336 e. The lowest BCUT2D eigenvalue weighted by molar-refractivity contribution is 0.332. The van der Waals surface area contributed by atoms with Crippen molar-refractivity contribution < 1.29 is 8.83 Å². The van der Waals surface area contributed by atoms with E-state index in [0.717, 1.165) is 58.4 Å². The molecule has 0 atom stereocenters. The fourth-order valence-electron chi connectivity index (χ4n) is 4.26. The molecule has 0 aliphatic carbocycles. The van der Waals surface area contributed by atoms with Gasteiger partial charge in [-0.2, -0.15) is 0 Å². The third-order valence-corrected chi connectivity index (χ3v) is 6.04. The van der Waals surface area contributed by atoms with Crippen LogP contribution in [0.15, 0.2) is 44.1 Å². The predicted molar refractivity (Wildman–Crippen MR) is 121 cm³/mol. The Kier molecular flexibility index (Phi) is 5.43. The number of rotatable bonds is 3. The molecule has 1 saturated heterocycles. The molecule has 0 spiro atoms. The van der Waals surface area contributed by atoms with Gasteiger partial charge >= 0.3 is 5.63 Å². The molecule has 0 bridgehead atoms. The lowest BCUT2D eigenvalue weighted by Crippen LogP contribution is -2.18. The van der Waals surface area contributed by atoms with Crippen LogP contribution >= 0.6 is 12.4 Å². The van der Waals surface area contributed by atoms with Crippen molar-refractivity contribution in [3.05, 3.63) is 63.3 Å². The van der Waals surface area contributed by atoms with Crippen LogP contribution in [0.5, 0.6) is 0 Å². The topological polar surface area (TPSA) is 59.5 Å². The van der Waals surface area contributed by atoms with Gasteiger partial charge in [0.25, 0.3) is 0 Å². The molecule has 4 aromatic rings. The van der Waals surface area contributed by atoms with Crippen LogP contribution in [0.1, 0.15) is 35.2 Å². The summed E-state index contributed by atoms with van der Waals surface area (Å²) >= 11 is 0. The van der Waals surface area contributed by atoms with Gasteiger partial charge in [-0.1, -0.05) is 0 Å². The maximum atomic E-state index is 12.2. The molecule has 6 heteroatoms. The van der Waals surface area contributed by atoms with Gasteiger partial charge in [-0.15, -0.1) is 12.4 Å². The summed E-state index contributed by atoms with van der Waals surface area (Å²) < 4.78 is 11.7. The molecule has 1 fully saturated rings. The quantitative estimate of drug-likeness (QED) is 0.404. The second-order valence-electron chi connectivity index (χ2n) is 8.12. The van der Waals surface area contributed by atoms with Crippen molar-refractivity contribution in [1.82, 2.24) is 9.88 Å². The smallest absolute Gasteiger partial charge is 0.336 e. The van der Waals surface area contributed by atoms with Gasteiger partial charge in [0.2, 0.25) is 0 Å². The van der Waals surface area contributed by atoms with Crippen molar-refractivity contribution >= 4 is 34.3 Å². The highest BCUT2D eigenvalue weighted by atomic mass is 35.5. The second kappa shape index (κ2) is 7.89. The fourth-order valence-corrected chi connectivity index (χ4v) is 4.26. The number of fused-ring (bicyclic) bond motifs is 2. The molecule has 5 rings (SSSR count). The van der Waals surface area contributed by atoms with E-state index >= 15 is 0 Å². The number of hydrogen-bond acceptors (Lipinski definition) is 5. The van der Waals surface area contributed by atoms with E-state index in [-0.39, 0.29) is 18.0 Å². The highest BCUT2D eigenvalue weighted by Crippen LogP contribution is 2.35. The molecular formula is C24H25ClN2O3. The zero-order valence-corrected chi connectivity index (χ0v) is 18.3. The Hall–Kier alpha value is -2.63. The first-order valence-corrected chi connectivity index (χ1v) is 10.2. The van der Waals surface area contributed by atoms with Crippen molar-refractivity contribution in [3.8, 4) is 11.3 Å². The molecule has 30 heavy (non-hydrogen) atoms. The van der Waals surface area contributed by atoms with Crippen LogP contribution in [-0.4, -0.2) is 23.0 Å². The number of benzene rings is 1. The summed E-state index contributed by atoms with van der Waals surface area (Å²) in [5.41, 5.74) is 6.04. The first kappa shape index (κ1) is 20.6. The first-order valence-electron chi connectivity index (χ1n) is 10.2. The van der Waals surface area contributed by atoms with E-state index in [9.17, 15) is 4.79 Å².